The van der Waals surface area contributed by atoms with Gasteiger partial charge in [0.1, 0.15) is 24.7 Å². The summed E-state index contributed by atoms with van der Waals surface area (Å²) in [6.45, 7) is 8.27. The van der Waals surface area contributed by atoms with Crippen LogP contribution < -0.4 is 14.8 Å². The number of thioether (sulfide) groups is 1. The van der Waals surface area contributed by atoms with Gasteiger partial charge in [0, 0.05) is 66.4 Å². The van der Waals surface area contributed by atoms with Gasteiger partial charge in [0.05, 0.1) is 34.1 Å². The standard InChI is InChI=1S/C49H56N4O9S/c1-4-26-60-49-46(63-40-21-16-36(17-22-40)51-33(3)56)29-44(52-61-30-34-14-18-38(19-15-34)53(57)58)42-27-35(11-5-7-24-54)41(13-6-8-25-55)47(48(42)49)43-28-39(20-23-45(43)62-49)59-31-37-12-9-10-32(2)50-37/h4,9-10,12,14-23,27-28,35,41,46-48,54-55H,1,5-8,11,13,24-26,29-31H2,2-3H3,(H,51,56)/t35-,41+,46-,47+,48+,49+/m0/s1. The van der Waals surface area contributed by atoms with E-state index < -0.39 is 10.7 Å². The fraction of sp³-hybridized carbons (Fsp3) is 0.408. The summed E-state index contributed by atoms with van der Waals surface area (Å²) in [6, 6.07) is 25.8. The number of aliphatic hydroxyl groups is 2. The van der Waals surface area contributed by atoms with E-state index in [0.717, 1.165) is 64.4 Å². The molecule has 3 aromatic carbocycles. The summed E-state index contributed by atoms with van der Waals surface area (Å²) in [5.41, 5.74) is 5.87. The topological polar surface area (TPSA) is 175 Å². The molecule has 0 radical (unpaired) electrons. The highest BCUT2D eigenvalue weighted by molar-refractivity contribution is 8.00. The van der Waals surface area contributed by atoms with Crippen molar-refractivity contribution in [3.63, 3.8) is 0 Å². The van der Waals surface area contributed by atoms with E-state index in [4.69, 9.17) is 24.2 Å². The smallest absolute Gasteiger partial charge is 0.269 e. The third-order valence-corrected chi connectivity index (χ3v) is 13.3. The van der Waals surface area contributed by atoms with Gasteiger partial charge in [-0.05, 0) is 122 Å². The highest BCUT2D eigenvalue weighted by Crippen LogP contribution is 2.63. The molecule has 3 N–H and O–H groups in total. The third-order valence-electron chi connectivity index (χ3n) is 12.0. The van der Waals surface area contributed by atoms with Crippen molar-refractivity contribution < 1.29 is 39.0 Å². The maximum atomic E-state index is 11.9. The Balaban J connectivity index is 1.36. The molecule has 4 aromatic rings. The molecule has 3 aliphatic rings. The summed E-state index contributed by atoms with van der Waals surface area (Å²) in [7, 11) is 0. The van der Waals surface area contributed by atoms with Gasteiger partial charge in [0.2, 0.25) is 11.7 Å². The van der Waals surface area contributed by atoms with Crippen LogP contribution in [-0.4, -0.2) is 62.6 Å². The number of unbranched alkanes of at least 4 members (excludes halogenated alkanes) is 2. The molecule has 1 amide bonds. The van der Waals surface area contributed by atoms with Crippen LogP contribution in [0.2, 0.25) is 0 Å². The summed E-state index contributed by atoms with van der Waals surface area (Å²) in [6.07, 6.45) is 9.12. The number of carbonyl (C=O) groups excluding carboxylic acids is 1. The Bertz CT molecular complexity index is 2290. The number of oxime groups is 1. The first-order valence-electron chi connectivity index (χ1n) is 21.7. The summed E-state index contributed by atoms with van der Waals surface area (Å²) in [4.78, 5) is 34.5. The van der Waals surface area contributed by atoms with E-state index in [-0.39, 0.29) is 66.9 Å². The minimum absolute atomic E-state index is 0.00432. The van der Waals surface area contributed by atoms with Crippen molar-refractivity contribution in [1.82, 2.24) is 4.98 Å². The zero-order valence-electron chi connectivity index (χ0n) is 35.8. The lowest BCUT2D eigenvalue weighted by Gasteiger charge is -2.58. The molecule has 13 nitrogen and oxygen atoms in total. The fourth-order valence-corrected chi connectivity index (χ4v) is 10.5. The van der Waals surface area contributed by atoms with Crippen molar-refractivity contribution in [2.45, 2.75) is 93.9 Å². The molecule has 14 heteroatoms. The maximum Gasteiger partial charge on any atom is 0.269 e. The van der Waals surface area contributed by atoms with Crippen molar-refractivity contribution >= 4 is 34.8 Å². The molecule has 1 fully saturated rings. The van der Waals surface area contributed by atoms with Crippen LogP contribution in [0.5, 0.6) is 11.5 Å². The second kappa shape index (κ2) is 21.2. The number of hydrogen-bond acceptors (Lipinski definition) is 12. The lowest BCUT2D eigenvalue weighted by molar-refractivity contribution is -0.384. The van der Waals surface area contributed by atoms with Crippen LogP contribution >= 0.6 is 11.8 Å². The van der Waals surface area contributed by atoms with E-state index in [1.165, 1.54) is 19.1 Å². The van der Waals surface area contributed by atoms with Crippen LogP contribution in [0.3, 0.4) is 0 Å². The average Bonchev–Trinajstić information content (AvgIpc) is 3.27. The van der Waals surface area contributed by atoms with Crippen molar-refractivity contribution in [3.8, 4) is 11.5 Å². The van der Waals surface area contributed by atoms with Gasteiger partial charge >= 0.3 is 0 Å². The summed E-state index contributed by atoms with van der Waals surface area (Å²) in [5.74, 6) is -0.338. The highest BCUT2D eigenvalue weighted by Gasteiger charge is 2.64. The van der Waals surface area contributed by atoms with Gasteiger partial charge in [-0.1, -0.05) is 36.2 Å². The Morgan fingerprint density at radius 3 is 2.49 bits per heavy atom. The molecule has 1 aromatic heterocycles. The first-order chi connectivity index (χ1) is 30.6. The molecule has 1 saturated carbocycles. The monoisotopic (exact) mass is 876 g/mol. The molecule has 6 atom stereocenters. The van der Waals surface area contributed by atoms with Gasteiger partial charge in [-0.25, -0.2) is 0 Å². The predicted molar refractivity (Wildman–Crippen MR) is 243 cm³/mol. The van der Waals surface area contributed by atoms with Crippen LogP contribution in [0.25, 0.3) is 0 Å². The van der Waals surface area contributed by atoms with E-state index >= 15 is 0 Å². The average molecular weight is 877 g/mol. The SMILES string of the molecule is C=CCO[C@@]12Oc3ccc(OCc4cccc(C)n4)cc3[C@H]3[C@H](CCCCO)[C@@H](CCCCO)C=C(C(=NOCc4ccc([N+](=O)[O-])cc4)C[C@@H]1Sc1ccc(NC(C)=O)cc1)[C@H]32. The Morgan fingerprint density at radius 2 is 1.79 bits per heavy atom. The molecular formula is C49H56N4O9S. The van der Waals surface area contributed by atoms with Gasteiger partial charge in [0.15, 0.2) is 0 Å². The summed E-state index contributed by atoms with van der Waals surface area (Å²) < 4.78 is 20.8. The number of hydrogen-bond donors (Lipinski definition) is 3. The number of nitro benzene ring substituents is 1. The van der Waals surface area contributed by atoms with Gasteiger partial charge in [-0.3, -0.25) is 19.9 Å². The van der Waals surface area contributed by atoms with E-state index in [0.29, 0.717) is 43.1 Å². The van der Waals surface area contributed by atoms with Gasteiger partial charge < -0.3 is 34.6 Å². The van der Waals surface area contributed by atoms with Crippen molar-refractivity contribution in [2.24, 2.45) is 22.9 Å². The minimum Gasteiger partial charge on any atom is -0.487 e. The third kappa shape index (κ3) is 10.8. The van der Waals surface area contributed by atoms with Crippen LogP contribution in [0.15, 0.2) is 119 Å². The number of nitrogens with zero attached hydrogens (tertiary/aromatic N) is 3. The minimum atomic E-state index is -1.21. The number of nitro groups is 1. The predicted octanol–water partition coefficient (Wildman–Crippen LogP) is 9.46. The zero-order chi connectivity index (χ0) is 44.3. The van der Waals surface area contributed by atoms with Gasteiger partial charge in [0.25, 0.3) is 5.69 Å². The molecule has 0 spiro atoms. The van der Waals surface area contributed by atoms with Crippen molar-refractivity contribution in [2.75, 3.05) is 25.1 Å². The molecule has 2 aliphatic carbocycles. The zero-order valence-corrected chi connectivity index (χ0v) is 36.6. The number of aliphatic hydroxyl groups excluding tert-OH is 2. The van der Waals surface area contributed by atoms with Gasteiger partial charge in [-0.15, -0.1) is 18.3 Å². The number of anilines is 1. The number of non-ortho nitro benzene ring substituents is 1. The van der Waals surface area contributed by atoms with Crippen LogP contribution in [-0.2, 0) is 27.6 Å². The highest BCUT2D eigenvalue weighted by atomic mass is 32.2. The molecule has 2 heterocycles. The molecule has 1 aliphatic heterocycles. The molecular weight excluding hydrogens is 821 g/mol. The first-order valence-corrected chi connectivity index (χ1v) is 22.5. The molecule has 0 unspecified atom stereocenters. The lowest BCUT2D eigenvalue weighted by atomic mass is 9.56. The fourth-order valence-electron chi connectivity index (χ4n) is 9.23. The lowest BCUT2D eigenvalue weighted by Crippen LogP contribution is -2.64. The molecule has 63 heavy (non-hydrogen) atoms. The first kappa shape index (κ1) is 45.5. The second-order valence-electron chi connectivity index (χ2n) is 16.3. The van der Waals surface area contributed by atoms with Crippen molar-refractivity contribution in [1.29, 1.82) is 0 Å². The van der Waals surface area contributed by atoms with E-state index in [1.54, 1.807) is 30.0 Å². The summed E-state index contributed by atoms with van der Waals surface area (Å²) >= 11 is 1.61. The number of aromatic nitrogens is 1. The Labute approximate surface area is 372 Å². The number of pyridine rings is 1. The van der Waals surface area contributed by atoms with Gasteiger partial charge in [-0.2, -0.15) is 0 Å². The number of fused-ring (bicyclic) bond motifs is 2. The molecule has 332 valence electrons. The maximum absolute atomic E-state index is 11.9. The Kier molecular flexibility index (Phi) is 15.3. The second-order valence-corrected chi connectivity index (χ2v) is 17.6. The van der Waals surface area contributed by atoms with Crippen molar-refractivity contribution in [3.05, 3.63) is 142 Å². The quantitative estimate of drug-likeness (QED) is 0.0315. The molecule has 7 rings (SSSR count). The van der Waals surface area contributed by atoms with E-state index in [2.05, 4.69) is 29.0 Å². The molecule has 0 saturated heterocycles. The number of rotatable bonds is 21. The number of carbonyl (C=O) groups is 1. The number of amides is 1. The molecule has 0 bridgehead atoms. The number of ether oxygens (including phenoxy) is 3. The number of nitrogens with one attached hydrogen (secondary N) is 1. The van der Waals surface area contributed by atoms with Crippen LogP contribution in [0.1, 0.15) is 80.3 Å². The van der Waals surface area contributed by atoms with Crippen LogP contribution in [0, 0.1) is 34.8 Å². The Morgan fingerprint density at radius 1 is 1.03 bits per heavy atom. The number of benzene rings is 3. The normalized spacial score (nSPS) is 22.8. The largest absolute Gasteiger partial charge is 0.487 e. The van der Waals surface area contributed by atoms with E-state index in [1.807, 2.05) is 61.5 Å². The number of allylic oxidation sites excluding steroid dienone is 1. The Hall–Kier alpha value is -5.54. The van der Waals surface area contributed by atoms with Crippen LogP contribution in [0.4, 0.5) is 11.4 Å². The summed E-state index contributed by atoms with van der Waals surface area (Å²) in [5, 5.41) is 38.6. The van der Waals surface area contributed by atoms with E-state index in [9.17, 15) is 25.1 Å². The number of aryl methyl sites for hydroxylation is 1.